The van der Waals surface area contributed by atoms with E-state index in [1.165, 1.54) is 17.2 Å². The van der Waals surface area contributed by atoms with Crippen molar-refractivity contribution in [2.24, 2.45) is 0 Å². The van der Waals surface area contributed by atoms with E-state index in [9.17, 15) is 14.7 Å². The van der Waals surface area contributed by atoms with Crippen molar-refractivity contribution in [2.75, 3.05) is 19.0 Å². The molecular formula is C44H37N5O7. The highest BCUT2D eigenvalue weighted by atomic mass is 16.6. The van der Waals surface area contributed by atoms with E-state index >= 15 is 0 Å². The number of nitrogens with one attached hydrogen (secondary N) is 1. The zero-order chi connectivity index (χ0) is 38.5. The summed E-state index contributed by atoms with van der Waals surface area (Å²) in [4.78, 5) is 39.8. The fourth-order valence-electron chi connectivity index (χ4n) is 7.02. The summed E-state index contributed by atoms with van der Waals surface area (Å²) >= 11 is 0. The van der Waals surface area contributed by atoms with Crippen LogP contribution in [0.4, 0.5) is 5.82 Å². The van der Waals surface area contributed by atoms with E-state index in [0.717, 1.165) is 16.7 Å². The number of esters is 1. The van der Waals surface area contributed by atoms with Gasteiger partial charge in [-0.2, -0.15) is 0 Å². The molecule has 4 atom stereocenters. The van der Waals surface area contributed by atoms with Gasteiger partial charge in [-0.3, -0.25) is 9.36 Å². The van der Waals surface area contributed by atoms with Gasteiger partial charge in [0.25, 0.3) is 5.91 Å². The van der Waals surface area contributed by atoms with Crippen LogP contribution in [-0.4, -0.2) is 68.5 Å². The molecule has 0 radical (unpaired) electrons. The first-order valence-corrected chi connectivity index (χ1v) is 18.0. The quantitative estimate of drug-likeness (QED) is 0.104. The second-order valence-electron chi connectivity index (χ2n) is 13.1. The number of imidazole rings is 1. The molecule has 1 fully saturated rings. The lowest BCUT2D eigenvalue weighted by Crippen LogP contribution is -2.41. The maximum Gasteiger partial charge on any atom is 0.338 e. The highest BCUT2D eigenvalue weighted by Crippen LogP contribution is 2.43. The number of aliphatic hydroxyl groups excluding tert-OH is 1. The molecule has 0 spiro atoms. The van der Waals surface area contributed by atoms with Gasteiger partial charge in [0.2, 0.25) is 0 Å². The summed E-state index contributed by atoms with van der Waals surface area (Å²) in [6.07, 6.45) is -1.96. The molecule has 1 amide bonds. The number of rotatable bonds is 12. The van der Waals surface area contributed by atoms with Gasteiger partial charge in [0.1, 0.15) is 29.9 Å². The Morgan fingerprint density at radius 1 is 0.750 bits per heavy atom. The lowest BCUT2D eigenvalue weighted by Gasteiger charge is -2.37. The molecule has 12 nitrogen and oxygen atoms in total. The second-order valence-corrected chi connectivity index (χ2v) is 13.1. The molecule has 0 aliphatic carbocycles. The van der Waals surface area contributed by atoms with Gasteiger partial charge in [-0.1, -0.05) is 109 Å². The number of aromatic nitrogens is 4. The molecule has 0 bridgehead atoms. The third kappa shape index (κ3) is 7.00. The molecule has 7 aromatic rings. The fraction of sp³-hybridized carbons (Fsp3) is 0.159. The number of aliphatic hydroxyl groups is 1. The van der Waals surface area contributed by atoms with Crippen molar-refractivity contribution in [1.29, 1.82) is 0 Å². The molecule has 2 N–H and O–H groups in total. The number of benzene rings is 5. The monoisotopic (exact) mass is 747 g/mol. The van der Waals surface area contributed by atoms with Gasteiger partial charge in [0.15, 0.2) is 29.3 Å². The zero-order valence-electron chi connectivity index (χ0n) is 30.2. The average molecular weight is 748 g/mol. The molecule has 8 rings (SSSR count). The van der Waals surface area contributed by atoms with E-state index in [1.54, 1.807) is 61.7 Å². The molecular weight excluding hydrogens is 711 g/mol. The molecule has 0 saturated carbocycles. The summed E-state index contributed by atoms with van der Waals surface area (Å²) in [5.41, 5.74) is 2.62. The van der Waals surface area contributed by atoms with Gasteiger partial charge in [-0.25, -0.2) is 19.7 Å². The molecule has 2 aromatic heterocycles. The molecule has 1 aliphatic rings. The minimum absolute atomic E-state index is 0.129. The number of ether oxygens (including phenoxy) is 4. The van der Waals surface area contributed by atoms with Crippen LogP contribution in [0, 0.1) is 0 Å². The van der Waals surface area contributed by atoms with Gasteiger partial charge in [0.05, 0.1) is 25.6 Å². The van der Waals surface area contributed by atoms with Crippen LogP contribution in [0.25, 0.3) is 11.2 Å². The molecule has 280 valence electrons. The molecule has 5 aromatic carbocycles. The summed E-state index contributed by atoms with van der Waals surface area (Å²) in [6, 6.07) is 44.5. The number of carbonyl (C=O) groups excluding carboxylic acids is 2. The summed E-state index contributed by atoms with van der Waals surface area (Å²) in [7, 11) is 1.61. The number of methoxy groups -OCH3 is 1. The number of amides is 1. The Balaban J connectivity index is 1.17. The van der Waals surface area contributed by atoms with Crippen molar-refractivity contribution in [3.05, 3.63) is 186 Å². The largest absolute Gasteiger partial charge is 0.497 e. The van der Waals surface area contributed by atoms with E-state index in [4.69, 9.17) is 18.9 Å². The molecule has 12 heteroatoms. The van der Waals surface area contributed by atoms with Crippen LogP contribution >= 0.6 is 0 Å². The Hall–Kier alpha value is -6.73. The number of hydrogen-bond donors (Lipinski definition) is 2. The highest BCUT2D eigenvalue weighted by Gasteiger charge is 2.50. The third-order valence-electron chi connectivity index (χ3n) is 9.78. The van der Waals surface area contributed by atoms with Crippen LogP contribution in [0.3, 0.4) is 0 Å². The van der Waals surface area contributed by atoms with Crippen LogP contribution in [-0.2, 0) is 19.8 Å². The van der Waals surface area contributed by atoms with E-state index in [1.807, 2.05) is 91.0 Å². The second kappa shape index (κ2) is 15.9. The normalized spacial score (nSPS) is 18.0. The van der Waals surface area contributed by atoms with E-state index in [-0.39, 0.29) is 29.5 Å². The van der Waals surface area contributed by atoms with Crippen LogP contribution in [0.2, 0.25) is 0 Å². The maximum atomic E-state index is 13.6. The van der Waals surface area contributed by atoms with Crippen LogP contribution in [0.15, 0.2) is 158 Å². The predicted octanol–water partition coefficient (Wildman–Crippen LogP) is 6.58. The van der Waals surface area contributed by atoms with Gasteiger partial charge >= 0.3 is 5.97 Å². The van der Waals surface area contributed by atoms with Gasteiger partial charge in [0, 0.05) is 5.56 Å². The SMILES string of the molecule is COc1ccc(C(OC[C@H]2O[C@@H](n3cnc4c(NC(=O)c5ccccc5)ncnc43)[C@H](O)[C@@H]2OC(=O)c2ccccc2)(c2ccccc2)c2ccccc2)cc1. The summed E-state index contributed by atoms with van der Waals surface area (Å²) in [6.45, 7) is -0.129. The van der Waals surface area contributed by atoms with Crippen LogP contribution in [0.5, 0.6) is 5.75 Å². The predicted molar refractivity (Wildman–Crippen MR) is 207 cm³/mol. The first-order valence-electron chi connectivity index (χ1n) is 18.0. The van der Waals surface area contributed by atoms with Gasteiger partial charge < -0.3 is 29.4 Å². The molecule has 1 saturated heterocycles. The fourth-order valence-corrected chi connectivity index (χ4v) is 7.02. The number of fused-ring (bicyclic) bond motifs is 1. The number of hydrogen-bond acceptors (Lipinski definition) is 10. The molecule has 1 aliphatic heterocycles. The maximum absolute atomic E-state index is 13.6. The Morgan fingerprint density at radius 2 is 1.32 bits per heavy atom. The topological polar surface area (TPSA) is 147 Å². The Kier molecular flexibility index (Phi) is 10.3. The lowest BCUT2D eigenvalue weighted by atomic mass is 9.80. The summed E-state index contributed by atoms with van der Waals surface area (Å²) in [5.74, 6) is -0.155. The highest BCUT2D eigenvalue weighted by molar-refractivity contribution is 6.06. The van der Waals surface area contributed by atoms with Gasteiger partial charge in [-0.15, -0.1) is 0 Å². The standard InChI is InChI=1S/C44H37N5O7/c1-53-34-24-22-33(23-25-34)44(31-18-10-4-11-19-31,32-20-12-5-13-21-32)54-26-35-38(56-43(52)30-16-8-3-9-17-30)37(50)42(55-35)49-28-47-36-39(45-27-46-40(36)49)48-41(51)29-14-6-2-7-15-29/h2-25,27-28,35,37-38,42,50H,26H2,1H3,(H,45,46,48,51)/t35-,37-,38-,42-/m1/s1. The molecule has 3 heterocycles. The molecule has 56 heavy (non-hydrogen) atoms. The van der Waals surface area contributed by atoms with E-state index < -0.39 is 36.1 Å². The van der Waals surface area contributed by atoms with Gasteiger partial charge in [-0.05, 0) is 53.1 Å². The average Bonchev–Trinajstić information content (AvgIpc) is 3.83. The smallest absolute Gasteiger partial charge is 0.338 e. The zero-order valence-corrected chi connectivity index (χ0v) is 30.2. The molecule has 0 unspecified atom stereocenters. The van der Waals surface area contributed by atoms with Crippen molar-refractivity contribution < 1.29 is 33.6 Å². The van der Waals surface area contributed by atoms with Crippen LogP contribution in [0.1, 0.15) is 43.6 Å². The number of carbonyl (C=O) groups is 2. The Bertz CT molecular complexity index is 2370. The lowest BCUT2D eigenvalue weighted by molar-refractivity contribution is -0.0960. The van der Waals surface area contributed by atoms with Crippen molar-refractivity contribution in [2.45, 2.75) is 30.1 Å². The third-order valence-corrected chi connectivity index (χ3v) is 9.78. The Morgan fingerprint density at radius 3 is 1.93 bits per heavy atom. The number of nitrogens with zero attached hydrogens (tertiary/aromatic N) is 4. The minimum atomic E-state index is -1.39. The summed E-state index contributed by atoms with van der Waals surface area (Å²) in [5, 5.41) is 14.8. The number of anilines is 1. The Labute approximate surface area is 322 Å². The summed E-state index contributed by atoms with van der Waals surface area (Å²) < 4.78 is 26.8. The van der Waals surface area contributed by atoms with Crippen molar-refractivity contribution in [3.8, 4) is 5.75 Å². The van der Waals surface area contributed by atoms with Crippen LogP contribution < -0.4 is 10.1 Å². The van der Waals surface area contributed by atoms with E-state index in [2.05, 4.69) is 20.3 Å². The first-order chi connectivity index (χ1) is 27.5. The van der Waals surface area contributed by atoms with E-state index in [0.29, 0.717) is 16.9 Å². The van der Waals surface area contributed by atoms with Crippen molar-refractivity contribution >= 4 is 28.9 Å². The minimum Gasteiger partial charge on any atom is -0.497 e. The van der Waals surface area contributed by atoms with Crippen molar-refractivity contribution in [3.63, 3.8) is 0 Å². The van der Waals surface area contributed by atoms with Crippen molar-refractivity contribution in [1.82, 2.24) is 19.5 Å². The first kappa shape index (κ1) is 36.3.